The molecule has 20 heavy (non-hydrogen) atoms. The summed E-state index contributed by atoms with van der Waals surface area (Å²) < 4.78 is 5.53. The van der Waals surface area contributed by atoms with E-state index in [4.69, 9.17) is 9.84 Å². The van der Waals surface area contributed by atoms with E-state index < -0.39 is 5.97 Å². The second-order valence-corrected chi connectivity index (χ2v) is 5.75. The van der Waals surface area contributed by atoms with E-state index in [1.165, 1.54) is 22.4 Å². The van der Waals surface area contributed by atoms with Crippen LogP contribution < -0.4 is 0 Å². The lowest BCUT2D eigenvalue weighted by molar-refractivity contribution is -0.137. The van der Waals surface area contributed by atoms with Crippen LogP contribution in [0.1, 0.15) is 47.0 Å². The average Bonchev–Trinajstić information content (AvgIpc) is 3.07. The monoisotopic (exact) mass is 298 g/mol. The first-order chi connectivity index (χ1) is 9.61. The second kappa shape index (κ2) is 6.81. The number of ether oxygens (including phenoxy) is 1. The number of rotatable bonds is 6. The zero-order valence-electron chi connectivity index (χ0n) is 11.4. The lowest BCUT2D eigenvalue weighted by Crippen LogP contribution is -2.35. The van der Waals surface area contributed by atoms with Gasteiger partial charge >= 0.3 is 5.97 Å². The molecule has 1 unspecified atom stereocenters. The third kappa shape index (κ3) is 3.55. The van der Waals surface area contributed by atoms with Crippen LogP contribution in [0.25, 0.3) is 0 Å². The van der Waals surface area contributed by atoms with Gasteiger partial charge in [-0.05, 0) is 19.3 Å². The predicted octanol–water partition coefficient (Wildman–Crippen LogP) is 1.93. The minimum atomic E-state index is -1.00. The number of hydrogen-bond donors (Lipinski definition) is 1. The fourth-order valence-electron chi connectivity index (χ4n) is 2.15. The van der Waals surface area contributed by atoms with Gasteiger partial charge in [0, 0.05) is 13.2 Å². The molecule has 0 radical (unpaired) electrons. The maximum atomic E-state index is 12.3. The molecule has 0 bridgehead atoms. The lowest BCUT2D eigenvalue weighted by Gasteiger charge is -2.18. The van der Waals surface area contributed by atoms with Crippen LogP contribution in [0.2, 0.25) is 0 Å². The Balaban J connectivity index is 2.08. The highest BCUT2D eigenvalue weighted by Gasteiger charge is 2.24. The van der Waals surface area contributed by atoms with Gasteiger partial charge in [-0.2, -0.15) is 0 Å². The van der Waals surface area contributed by atoms with Crippen molar-refractivity contribution in [1.82, 2.24) is 9.88 Å². The van der Waals surface area contributed by atoms with Crippen LogP contribution in [0.5, 0.6) is 0 Å². The van der Waals surface area contributed by atoms with E-state index in [2.05, 4.69) is 4.98 Å². The van der Waals surface area contributed by atoms with Gasteiger partial charge in [0.05, 0.1) is 6.20 Å². The molecule has 1 aliphatic heterocycles. The van der Waals surface area contributed by atoms with Crippen molar-refractivity contribution in [2.75, 3.05) is 19.7 Å². The van der Waals surface area contributed by atoms with E-state index in [0.29, 0.717) is 11.4 Å². The summed E-state index contributed by atoms with van der Waals surface area (Å²) in [7, 11) is 0. The van der Waals surface area contributed by atoms with Crippen LogP contribution in [0.15, 0.2) is 6.20 Å². The standard InChI is InChI=1S/C13H18N2O4S/c1-2-5-15(8-11(16)17)13(18)10-7-14-12(20-10)9-4-3-6-19-9/h7,9H,2-6,8H2,1H3,(H,16,17). The summed E-state index contributed by atoms with van der Waals surface area (Å²) in [5.74, 6) is -1.27. The second-order valence-electron chi connectivity index (χ2n) is 4.68. The molecule has 1 aromatic heterocycles. The van der Waals surface area contributed by atoms with Crippen molar-refractivity contribution in [3.05, 3.63) is 16.1 Å². The summed E-state index contributed by atoms with van der Waals surface area (Å²) in [5.41, 5.74) is 0. The average molecular weight is 298 g/mol. The van der Waals surface area contributed by atoms with Crippen molar-refractivity contribution in [3.63, 3.8) is 0 Å². The number of aliphatic carboxylic acids is 1. The molecule has 2 rings (SSSR count). The van der Waals surface area contributed by atoms with Gasteiger partial charge in [-0.1, -0.05) is 6.92 Å². The molecule has 1 fully saturated rings. The van der Waals surface area contributed by atoms with Crippen molar-refractivity contribution in [3.8, 4) is 0 Å². The first-order valence-corrected chi connectivity index (χ1v) is 7.52. The molecule has 0 saturated carbocycles. The third-order valence-corrected chi connectivity index (χ3v) is 4.12. The molecule has 1 N–H and O–H groups in total. The van der Waals surface area contributed by atoms with Crippen LogP contribution in [0.3, 0.4) is 0 Å². The topological polar surface area (TPSA) is 79.7 Å². The maximum absolute atomic E-state index is 12.3. The third-order valence-electron chi connectivity index (χ3n) is 3.05. The molecule has 0 aliphatic carbocycles. The minimum Gasteiger partial charge on any atom is -0.480 e. The number of carboxylic acid groups (broad SMARTS) is 1. The van der Waals surface area contributed by atoms with Gasteiger partial charge in [-0.3, -0.25) is 9.59 Å². The molecule has 0 aromatic carbocycles. The SMILES string of the molecule is CCCN(CC(=O)O)C(=O)c1cnc(C2CCCO2)s1. The quantitative estimate of drug-likeness (QED) is 0.868. The fraction of sp³-hybridized carbons (Fsp3) is 0.615. The largest absolute Gasteiger partial charge is 0.480 e. The summed E-state index contributed by atoms with van der Waals surface area (Å²) >= 11 is 1.30. The summed E-state index contributed by atoms with van der Waals surface area (Å²) in [6.07, 6.45) is 4.16. The summed E-state index contributed by atoms with van der Waals surface area (Å²) in [5, 5.41) is 9.66. The smallest absolute Gasteiger partial charge is 0.323 e. The molecule has 6 nitrogen and oxygen atoms in total. The number of carbonyl (C=O) groups excluding carboxylic acids is 1. The van der Waals surface area contributed by atoms with Gasteiger partial charge in [0.15, 0.2) is 0 Å². The molecular formula is C13H18N2O4S. The Morgan fingerprint density at radius 3 is 3.00 bits per heavy atom. The molecule has 2 heterocycles. The van der Waals surface area contributed by atoms with Crippen LogP contribution in [-0.2, 0) is 9.53 Å². The Morgan fingerprint density at radius 2 is 2.40 bits per heavy atom. The molecule has 1 saturated heterocycles. The molecule has 7 heteroatoms. The highest BCUT2D eigenvalue weighted by atomic mass is 32.1. The van der Waals surface area contributed by atoms with Gasteiger partial charge < -0.3 is 14.7 Å². The number of thiazole rings is 1. The lowest BCUT2D eigenvalue weighted by atomic mass is 10.2. The number of nitrogens with zero attached hydrogens (tertiary/aromatic N) is 2. The van der Waals surface area contributed by atoms with Gasteiger partial charge in [-0.25, -0.2) is 4.98 Å². The van der Waals surface area contributed by atoms with Crippen molar-refractivity contribution >= 4 is 23.2 Å². The Morgan fingerprint density at radius 1 is 1.60 bits per heavy atom. The number of aromatic nitrogens is 1. The van der Waals surface area contributed by atoms with Crippen molar-refractivity contribution in [2.24, 2.45) is 0 Å². The first-order valence-electron chi connectivity index (χ1n) is 6.70. The summed E-state index contributed by atoms with van der Waals surface area (Å²) in [6.45, 7) is 2.79. The van der Waals surface area contributed by atoms with E-state index in [-0.39, 0.29) is 18.6 Å². The van der Waals surface area contributed by atoms with Crippen molar-refractivity contribution in [1.29, 1.82) is 0 Å². The van der Waals surface area contributed by atoms with Gasteiger partial charge in [-0.15, -0.1) is 11.3 Å². The highest BCUT2D eigenvalue weighted by Crippen LogP contribution is 2.31. The van der Waals surface area contributed by atoms with Crippen molar-refractivity contribution < 1.29 is 19.4 Å². The summed E-state index contributed by atoms with van der Waals surface area (Å²) in [6, 6.07) is 0. The number of amides is 1. The maximum Gasteiger partial charge on any atom is 0.323 e. The highest BCUT2D eigenvalue weighted by molar-refractivity contribution is 7.13. The first kappa shape index (κ1) is 14.9. The van der Waals surface area contributed by atoms with E-state index in [0.717, 1.165) is 30.9 Å². The summed E-state index contributed by atoms with van der Waals surface area (Å²) in [4.78, 5) is 29.2. The zero-order valence-corrected chi connectivity index (χ0v) is 12.2. The number of carboxylic acids is 1. The normalized spacial score (nSPS) is 18.1. The Hall–Kier alpha value is -1.47. The number of hydrogen-bond acceptors (Lipinski definition) is 5. The van der Waals surface area contributed by atoms with Crippen LogP contribution in [0.4, 0.5) is 0 Å². The molecule has 1 aliphatic rings. The van der Waals surface area contributed by atoms with E-state index >= 15 is 0 Å². The number of carbonyl (C=O) groups is 2. The molecular weight excluding hydrogens is 280 g/mol. The Bertz CT molecular complexity index is 482. The fourth-order valence-corrected chi connectivity index (χ4v) is 3.12. The Kier molecular flexibility index (Phi) is 5.08. The van der Waals surface area contributed by atoms with Gasteiger partial charge in [0.1, 0.15) is 22.5 Å². The zero-order chi connectivity index (χ0) is 14.5. The van der Waals surface area contributed by atoms with E-state index in [9.17, 15) is 9.59 Å². The van der Waals surface area contributed by atoms with Crippen LogP contribution in [0, 0.1) is 0 Å². The van der Waals surface area contributed by atoms with Gasteiger partial charge in [0.25, 0.3) is 5.91 Å². The Labute approximate surface area is 121 Å². The van der Waals surface area contributed by atoms with E-state index in [1.54, 1.807) is 0 Å². The molecule has 1 amide bonds. The molecule has 1 atom stereocenters. The molecule has 0 spiro atoms. The predicted molar refractivity (Wildman–Crippen MR) is 73.9 cm³/mol. The molecule has 110 valence electrons. The van der Waals surface area contributed by atoms with Crippen LogP contribution in [-0.4, -0.2) is 46.6 Å². The molecule has 1 aromatic rings. The van der Waals surface area contributed by atoms with Crippen LogP contribution >= 0.6 is 11.3 Å². The van der Waals surface area contributed by atoms with Crippen molar-refractivity contribution in [2.45, 2.75) is 32.3 Å². The van der Waals surface area contributed by atoms with E-state index in [1.807, 2.05) is 6.92 Å². The van der Waals surface area contributed by atoms with Gasteiger partial charge in [0.2, 0.25) is 0 Å². The minimum absolute atomic E-state index is 0.0133.